The van der Waals surface area contributed by atoms with Crippen LogP contribution in [-0.4, -0.2) is 55.9 Å². The first-order valence-corrected chi connectivity index (χ1v) is 9.98. The highest BCUT2D eigenvalue weighted by Gasteiger charge is 2.22. The van der Waals surface area contributed by atoms with Crippen molar-refractivity contribution in [3.05, 3.63) is 28.7 Å². The SMILES string of the molecule is CCCNCCNC(=O)Cn1cc(S(=O)(=O)N(CC)CC)ccc1=O. The maximum absolute atomic E-state index is 12.5. The van der Waals surface area contributed by atoms with Gasteiger partial charge in [-0.05, 0) is 19.0 Å². The Bertz CT molecular complexity index is 711. The van der Waals surface area contributed by atoms with Gasteiger partial charge in [0.2, 0.25) is 15.9 Å². The standard InChI is InChI=1S/C16H28N4O4S/c1-4-9-17-10-11-18-15(21)13-19-12-14(7-8-16(19)22)25(23,24)20(5-2)6-3/h7-8,12,17H,4-6,9-11,13H2,1-3H3,(H,18,21). The quantitative estimate of drug-likeness (QED) is 0.532. The summed E-state index contributed by atoms with van der Waals surface area (Å²) in [5, 5.41) is 5.85. The molecule has 0 aliphatic carbocycles. The van der Waals surface area contributed by atoms with E-state index in [2.05, 4.69) is 17.6 Å². The minimum absolute atomic E-state index is 0.00760. The molecule has 25 heavy (non-hydrogen) atoms. The first-order valence-electron chi connectivity index (χ1n) is 8.54. The fourth-order valence-corrected chi connectivity index (χ4v) is 3.78. The molecule has 0 bridgehead atoms. The Morgan fingerprint density at radius 3 is 2.40 bits per heavy atom. The van der Waals surface area contributed by atoms with Gasteiger partial charge in [-0.1, -0.05) is 20.8 Å². The molecule has 142 valence electrons. The second-order valence-corrected chi connectivity index (χ2v) is 7.46. The number of nitrogens with one attached hydrogen (secondary N) is 2. The summed E-state index contributed by atoms with van der Waals surface area (Å²) >= 11 is 0. The van der Waals surface area contributed by atoms with Gasteiger partial charge in [0.05, 0.1) is 4.90 Å². The van der Waals surface area contributed by atoms with E-state index in [-0.39, 0.29) is 17.3 Å². The van der Waals surface area contributed by atoms with Gasteiger partial charge in [0.25, 0.3) is 5.56 Å². The normalized spacial score (nSPS) is 11.7. The number of hydrogen-bond donors (Lipinski definition) is 2. The van der Waals surface area contributed by atoms with Crippen molar-refractivity contribution in [3.63, 3.8) is 0 Å². The van der Waals surface area contributed by atoms with E-state index in [1.54, 1.807) is 13.8 Å². The van der Waals surface area contributed by atoms with Crippen LogP contribution in [0.4, 0.5) is 0 Å². The lowest BCUT2D eigenvalue weighted by atomic mass is 10.4. The second kappa shape index (κ2) is 10.3. The van der Waals surface area contributed by atoms with Crippen LogP contribution in [-0.2, 0) is 21.4 Å². The average Bonchev–Trinajstić information content (AvgIpc) is 2.57. The summed E-state index contributed by atoms with van der Waals surface area (Å²) in [6.07, 6.45) is 2.24. The molecule has 0 aromatic carbocycles. The molecular formula is C16H28N4O4S. The molecule has 9 heteroatoms. The molecule has 1 rings (SSSR count). The molecule has 0 aliphatic rings. The fraction of sp³-hybridized carbons (Fsp3) is 0.625. The lowest BCUT2D eigenvalue weighted by Gasteiger charge is -2.19. The molecular weight excluding hydrogens is 344 g/mol. The van der Waals surface area contributed by atoms with Crippen molar-refractivity contribution in [2.24, 2.45) is 0 Å². The topological polar surface area (TPSA) is 101 Å². The van der Waals surface area contributed by atoms with Crippen LogP contribution >= 0.6 is 0 Å². The van der Waals surface area contributed by atoms with E-state index in [0.717, 1.165) is 17.5 Å². The summed E-state index contributed by atoms with van der Waals surface area (Å²) in [6, 6.07) is 2.45. The molecule has 1 aromatic rings. The number of hydrogen-bond acceptors (Lipinski definition) is 5. The highest BCUT2D eigenvalue weighted by Crippen LogP contribution is 2.13. The van der Waals surface area contributed by atoms with Crippen molar-refractivity contribution >= 4 is 15.9 Å². The molecule has 0 saturated carbocycles. The number of pyridine rings is 1. The number of sulfonamides is 1. The Balaban J connectivity index is 2.82. The van der Waals surface area contributed by atoms with E-state index in [1.165, 1.54) is 22.6 Å². The van der Waals surface area contributed by atoms with Gasteiger partial charge < -0.3 is 15.2 Å². The summed E-state index contributed by atoms with van der Waals surface area (Å²) in [6.45, 7) is 7.97. The second-order valence-electron chi connectivity index (χ2n) is 5.52. The van der Waals surface area contributed by atoms with Crippen LogP contribution in [0.5, 0.6) is 0 Å². The first-order chi connectivity index (χ1) is 11.9. The zero-order valence-electron chi connectivity index (χ0n) is 15.1. The molecule has 0 aliphatic heterocycles. The van der Waals surface area contributed by atoms with E-state index in [0.29, 0.717) is 26.2 Å². The number of carbonyl (C=O) groups is 1. The zero-order valence-corrected chi connectivity index (χ0v) is 15.9. The van der Waals surface area contributed by atoms with Crippen molar-refractivity contribution in [2.45, 2.75) is 38.6 Å². The summed E-state index contributed by atoms with van der Waals surface area (Å²) in [5.74, 6) is -0.335. The molecule has 0 spiro atoms. The highest BCUT2D eigenvalue weighted by molar-refractivity contribution is 7.89. The molecule has 0 saturated heterocycles. The van der Waals surface area contributed by atoms with Crippen molar-refractivity contribution in [1.29, 1.82) is 0 Å². The van der Waals surface area contributed by atoms with Crippen LogP contribution < -0.4 is 16.2 Å². The maximum atomic E-state index is 12.5. The lowest BCUT2D eigenvalue weighted by molar-refractivity contribution is -0.121. The predicted molar refractivity (Wildman–Crippen MR) is 97.0 cm³/mol. The molecule has 0 radical (unpaired) electrons. The van der Waals surface area contributed by atoms with Crippen LogP contribution in [0.15, 0.2) is 28.0 Å². The molecule has 0 fully saturated rings. The lowest BCUT2D eigenvalue weighted by Crippen LogP contribution is -2.37. The van der Waals surface area contributed by atoms with Gasteiger partial charge >= 0.3 is 0 Å². The molecule has 1 amide bonds. The largest absolute Gasteiger partial charge is 0.353 e. The Morgan fingerprint density at radius 2 is 1.80 bits per heavy atom. The monoisotopic (exact) mass is 372 g/mol. The highest BCUT2D eigenvalue weighted by atomic mass is 32.2. The van der Waals surface area contributed by atoms with Gasteiger partial charge in [-0.15, -0.1) is 0 Å². The number of carbonyl (C=O) groups excluding carboxylic acids is 1. The fourth-order valence-electron chi connectivity index (χ4n) is 2.30. The van der Waals surface area contributed by atoms with Gasteiger partial charge in [-0.2, -0.15) is 4.31 Å². The maximum Gasteiger partial charge on any atom is 0.251 e. The van der Waals surface area contributed by atoms with Crippen molar-refractivity contribution in [2.75, 3.05) is 32.7 Å². The van der Waals surface area contributed by atoms with Crippen LogP contribution in [0.1, 0.15) is 27.2 Å². The van der Waals surface area contributed by atoms with E-state index < -0.39 is 15.6 Å². The molecule has 8 nitrogen and oxygen atoms in total. The summed E-state index contributed by atoms with van der Waals surface area (Å²) in [4.78, 5) is 23.9. The average molecular weight is 372 g/mol. The molecule has 1 aromatic heterocycles. The third-order valence-electron chi connectivity index (χ3n) is 3.66. The van der Waals surface area contributed by atoms with Crippen molar-refractivity contribution in [3.8, 4) is 0 Å². The Labute approximate surface area is 149 Å². The third kappa shape index (κ3) is 6.26. The van der Waals surface area contributed by atoms with Crippen molar-refractivity contribution in [1.82, 2.24) is 19.5 Å². The van der Waals surface area contributed by atoms with E-state index in [1.807, 2.05) is 0 Å². The minimum Gasteiger partial charge on any atom is -0.353 e. The van der Waals surface area contributed by atoms with Crippen LogP contribution in [0.25, 0.3) is 0 Å². The van der Waals surface area contributed by atoms with Gasteiger partial charge in [-0.25, -0.2) is 8.42 Å². The molecule has 0 unspecified atom stereocenters. The molecule has 1 heterocycles. The van der Waals surface area contributed by atoms with Crippen LogP contribution in [0.3, 0.4) is 0 Å². The van der Waals surface area contributed by atoms with E-state index in [4.69, 9.17) is 0 Å². The van der Waals surface area contributed by atoms with Crippen LogP contribution in [0, 0.1) is 0 Å². The summed E-state index contributed by atoms with van der Waals surface area (Å²) < 4.78 is 27.5. The summed E-state index contributed by atoms with van der Waals surface area (Å²) in [7, 11) is -3.67. The molecule has 0 atom stereocenters. The van der Waals surface area contributed by atoms with Gasteiger partial charge in [0, 0.05) is 38.4 Å². The number of amides is 1. The zero-order chi connectivity index (χ0) is 18.9. The smallest absolute Gasteiger partial charge is 0.251 e. The van der Waals surface area contributed by atoms with Gasteiger partial charge in [-0.3, -0.25) is 9.59 Å². The van der Waals surface area contributed by atoms with E-state index in [9.17, 15) is 18.0 Å². The minimum atomic E-state index is -3.67. The van der Waals surface area contributed by atoms with E-state index >= 15 is 0 Å². The number of nitrogens with zero attached hydrogens (tertiary/aromatic N) is 2. The van der Waals surface area contributed by atoms with Gasteiger partial charge in [0.1, 0.15) is 6.54 Å². The Kier molecular flexibility index (Phi) is 8.81. The number of rotatable bonds is 11. The molecule has 2 N–H and O–H groups in total. The van der Waals surface area contributed by atoms with Crippen LogP contribution in [0.2, 0.25) is 0 Å². The van der Waals surface area contributed by atoms with Crippen molar-refractivity contribution < 1.29 is 13.2 Å². The first kappa shape index (κ1) is 21.3. The summed E-state index contributed by atoms with van der Waals surface area (Å²) in [5.41, 5.74) is -0.419. The Hall–Kier alpha value is -1.71. The number of aromatic nitrogens is 1. The predicted octanol–water partition coefficient (Wildman–Crippen LogP) is -0.00540. The third-order valence-corrected chi connectivity index (χ3v) is 5.70. The van der Waals surface area contributed by atoms with Gasteiger partial charge in [0.15, 0.2) is 0 Å². The Morgan fingerprint density at radius 1 is 1.12 bits per heavy atom.